The van der Waals surface area contributed by atoms with Crippen LogP contribution in [0.1, 0.15) is 46.0 Å². The minimum absolute atomic E-state index is 0.0210. The number of carboxylic acid groups (broad SMARTS) is 1. The van der Waals surface area contributed by atoms with E-state index in [0.29, 0.717) is 12.1 Å². The molecule has 0 fully saturated rings. The summed E-state index contributed by atoms with van der Waals surface area (Å²) in [4.78, 5) is 15.9. The number of carboxylic acids is 1. The van der Waals surface area contributed by atoms with Crippen LogP contribution in [0, 0.1) is 12.7 Å². The van der Waals surface area contributed by atoms with E-state index in [4.69, 9.17) is 0 Å². The lowest BCUT2D eigenvalue weighted by Gasteiger charge is -2.16. The Morgan fingerprint density at radius 3 is 2.90 bits per heavy atom. The molecule has 0 unspecified atom stereocenters. The molecule has 110 valence electrons. The van der Waals surface area contributed by atoms with E-state index >= 15 is 0 Å². The predicted octanol–water partition coefficient (Wildman–Crippen LogP) is 2.96. The summed E-state index contributed by atoms with van der Waals surface area (Å²) < 4.78 is 15.3. The van der Waals surface area contributed by atoms with Gasteiger partial charge in [-0.15, -0.1) is 0 Å². The van der Waals surface area contributed by atoms with E-state index < -0.39 is 11.8 Å². The standard InChI is InChI=1S/C16H17FN2O2/c1-10-18-14-4-2-3-5-15(14)19(10)9-11-6-7-12(17)8-13(11)16(20)21/h6-8H,2-5,9H2,1H3,(H,20,21). The average molecular weight is 288 g/mol. The van der Waals surface area contributed by atoms with Crippen molar-refractivity contribution >= 4 is 5.97 Å². The molecule has 1 heterocycles. The number of halogens is 1. The third-order valence-electron chi connectivity index (χ3n) is 4.05. The Bertz CT molecular complexity index is 707. The maximum Gasteiger partial charge on any atom is 0.336 e. The van der Waals surface area contributed by atoms with E-state index in [1.54, 1.807) is 6.07 Å². The van der Waals surface area contributed by atoms with Gasteiger partial charge in [-0.25, -0.2) is 14.2 Å². The normalized spacial score (nSPS) is 14.0. The second kappa shape index (κ2) is 5.31. The molecule has 1 aliphatic rings. The van der Waals surface area contributed by atoms with Crippen molar-refractivity contribution in [2.24, 2.45) is 0 Å². The van der Waals surface area contributed by atoms with Crippen molar-refractivity contribution in [3.8, 4) is 0 Å². The quantitative estimate of drug-likeness (QED) is 0.944. The van der Waals surface area contributed by atoms with Crippen LogP contribution in [-0.4, -0.2) is 20.6 Å². The van der Waals surface area contributed by atoms with Gasteiger partial charge in [0, 0.05) is 12.2 Å². The van der Waals surface area contributed by atoms with Gasteiger partial charge in [0.25, 0.3) is 0 Å². The summed E-state index contributed by atoms with van der Waals surface area (Å²) in [5.74, 6) is -0.737. The van der Waals surface area contributed by atoms with Gasteiger partial charge in [0.1, 0.15) is 11.6 Å². The second-order valence-electron chi connectivity index (χ2n) is 5.45. The monoisotopic (exact) mass is 288 g/mol. The molecule has 0 radical (unpaired) electrons. The number of hydrogen-bond acceptors (Lipinski definition) is 2. The van der Waals surface area contributed by atoms with Gasteiger partial charge in [0.2, 0.25) is 0 Å². The summed E-state index contributed by atoms with van der Waals surface area (Å²) in [6.45, 7) is 2.36. The fourth-order valence-electron chi connectivity index (χ4n) is 3.00. The Labute approximate surface area is 122 Å². The molecule has 5 heteroatoms. The number of aromatic carboxylic acids is 1. The zero-order chi connectivity index (χ0) is 15.0. The fourth-order valence-corrected chi connectivity index (χ4v) is 3.00. The van der Waals surface area contributed by atoms with Crippen LogP contribution in [0.4, 0.5) is 4.39 Å². The van der Waals surface area contributed by atoms with Gasteiger partial charge in [-0.3, -0.25) is 0 Å². The largest absolute Gasteiger partial charge is 0.478 e. The minimum atomic E-state index is -1.10. The summed E-state index contributed by atoms with van der Waals surface area (Å²) in [7, 11) is 0. The Hall–Kier alpha value is -2.17. The molecule has 1 aromatic heterocycles. The molecule has 1 aromatic carbocycles. The highest BCUT2D eigenvalue weighted by atomic mass is 19.1. The first-order valence-electron chi connectivity index (χ1n) is 7.13. The Kier molecular flexibility index (Phi) is 3.49. The maximum absolute atomic E-state index is 13.3. The summed E-state index contributed by atoms with van der Waals surface area (Å²) in [5, 5.41) is 9.23. The van der Waals surface area contributed by atoms with E-state index in [9.17, 15) is 14.3 Å². The number of hydrogen-bond donors (Lipinski definition) is 1. The first-order chi connectivity index (χ1) is 10.1. The van der Waals surface area contributed by atoms with Crippen molar-refractivity contribution < 1.29 is 14.3 Å². The van der Waals surface area contributed by atoms with Crippen LogP contribution < -0.4 is 0 Å². The zero-order valence-corrected chi connectivity index (χ0v) is 11.9. The number of nitrogens with zero attached hydrogens (tertiary/aromatic N) is 2. The van der Waals surface area contributed by atoms with Crippen molar-refractivity contribution in [3.05, 3.63) is 52.4 Å². The van der Waals surface area contributed by atoms with Crippen LogP contribution in [0.3, 0.4) is 0 Å². The van der Waals surface area contributed by atoms with Gasteiger partial charge < -0.3 is 9.67 Å². The molecule has 0 amide bonds. The number of carbonyl (C=O) groups is 1. The molecule has 0 saturated heterocycles. The molecular formula is C16H17FN2O2. The third-order valence-corrected chi connectivity index (χ3v) is 4.05. The number of benzene rings is 1. The summed E-state index contributed by atoms with van der Waals surface area (Å²) in [5.41, 5.74) is 2.95. The van der Waals surface area contributed by atoms with E-state index in [-0.39, 0.29) is 5.56 Å². The number of fused-ring (bicyclic) bond motifs is 1. The van der Waals surface area contributed by atoms with E-state index in [2.05, 4.69) is 9.55 Å². The van der Waals surface area contributed by atoms with Gasteiger partial charge in [0.05, 0.1) is 11.3 Å². The van der Waals surface area contributed by atoms with Gasteiger partial charge in [-0.1, -0.05) is 6.07 Å². The van der Waals surface area contributed by atoms with Gasteiger partial charge in [-0.2, -0.15) is 0 Å². The Morgan fingerprint density at radius 1 is 1.38 bits per heavy atom. The summed E-state index contributed by atoms with van der Waals surface area (Å²) in [6.07, 6.45) is 4.24. The third kappa shape index (κ3) is 2.55. The van der Waals surface area contributed by atoms with Crippen LogP contribution in [0.25, 0.3) is 0 Å². The topological polar surface area (TPSA) is 55.1 Å². The summed E-state index contributed by atoms with van der Waals surface area (Å²) in [6, 6.07) is 3.93. The van der Waals surface area contributed by atoms with Gasteiger partial charge in [-0.05, 0) is 50.3 Å². The maximum atomic E-state index is 13.3. The summed E-state index contributed by atoms with van der Waals surface area (Å²) >= 11 is 0. The predicted molar refractivity (Wildman–Crippen MR) is 76.1 cm³/mol. The number of aromatic nitrogens is 2. The lowest BCUT2D eigenvalue weighted by atomic mass is 10.0. The zero-order valence-electron chi connectivity index (χ0n) is 11.9. The van der Waals surface area contributed by atoms with Crippen molar-refractivity contribution in [1.82, 2.24) is 9.55 Å². The van der Waals surface area contributed by atoms with Crippen molar-refractivity contribution in [2.45, 2.75) is 39.2 Å². The highest BCUT2D eigenvalue weighted by Crippen LogP contribution is 2.24. The van der Waals surface area contributed by atoms with Crippen molar-refractivity contribution in [1.29, 1.82) is 0 Å². The molecule has 4 nitrogen and oxygen atoms in total. The average Bonchev–Trinajstić information content (AvgIpc) is 2.77. The molecule has 0 spiro atoms. The molecular weight excluding hydrogens is 271 g/mol. The Morgan fingerprint density at radius 2 is 2.14 bits per heavy atom. The number of aryl methyl sites for hydroxylation is 2. The van der Waals surface area contributed by atoms with Gasteiger partial charge >= 0.3 is 5.97 Å². The van der Waals surface area contributed by atoms with Crippen LogP contribution in [0.5, 0.6) is 0 Å². The highest BCUT2D eigenvalue weighted by molar-refractivity contribution is 5.89. The smallest absolute Gasteiger partial charge is 0.336 e. The van der Waals surface area contributed by atoms with Gasteiger partial charge in [0.15, 0.2) is 0 Å². The first kappa shape index (κ1) is 13.8. The van der Waals surface area contributed by atoms with Crippen molar-refractivity contribution in [3.63, 3.8) is 0 Å². The highest BCUT2D eigenvalue weighted by Gasteiger charge is 2.20. The lowest BCUT2D eigenvalue weighted by Crippen LogP contribution is -2.13. The fraction of sp³-hybridized carbons (Fsp3) is 0.375. The number of imidazole rings is 1. The van der Waals surface area contributed by atoms with Crippen LogP contribution in [-0.2, 0) is 19.4 Å². The van der Waals surface area contributed by atoms with E-state index in [0.717, 1.165) is 43.3 Å². The van der Waals surface area contributed by atoms with Crippen LogP contribution >= 0.6 is 0 Å². The molecule has 0 saturated carbocycles. The lowest BCUT2D eigenvalue weighted by molar-refractivity contribution is 0.0695. The number of rotatable bonds is 3. The molecule has 3 rings (SSSR count). The molecule has 21 heavy (non-hydrogen) atoms. The van der Waals surface area contributed by atoms with Crippen LogP contribution in [0.15, 0.2) is 18.2 Å². The Balaban J connectivity index is 2.01. The molecule has 0 bridgehead atoms. The SMILES string of the molecule is Cc1nc2c(n1Cc1ccc(F)cc1C(=O)O)CCCC2. The minimum Gasteiger partial charge on any atom is -0.478 e. The first-order valence-corrected chi connectivity index (χ1v) is 7.13. The van der Waals surface area contributed by atoms with E-state index in [1.165, 1.54) is 11.8 Å². The van der Waals surface area contributed by atoms with Crippen molar-refractivity contribution in [2.75, 3.05) is 0 Å². The molecule has 1 N–H and O–H groups in total. The molecule has 0 atom stereocenters. The molecule has 1 aliphatic carbocycles. The molecule has 2 aromatic rings. The molecule has 0 aliphatic heterocycles. The second-order valence-corrected chi connectivity index (χ2v) is 5.45. The van der Waals surface area contributed by atoms with E-state index in [1.807, 2.05) is 6.92 Å². The van der Waals surface area contributed by atoms with Crippen LogP contribution in [0.2, 0.25) is 0 Å².